The van der Waals surface area contributed by atoms with Gasteiger partial charge in [0.2, 0.25) is 0 Å². The molecule has 0 aromatic carbocycles. The van der Waals surface area contributed by atoms with Gasteiger partial charge in [-0.15, -0.1) is 9.18 Å². The van der Waals surface area contributed by atoms with E-state index in [9.17, 15) is 83.0 Å². The fraction of sp³-hybridized carbons (Fsp3) is 0.900. The Bertz CT molecular complexity index is 1680. The normalized spacial score (nSPS) is 29.6. The highest BCUT2D eigenvalue weighted by molar-refractivity contribution is 7.15. The minimum absolute atomic E-state index is 0. The average molecular weight is 1040 g/mol. The number of ketones is 1. The van der Waals surface area contributed by atoms with Gasteiger partial charge in [-0.05, 0) is 169 Å². The van der Waals surface area contributed by atoms with E-state index in [0.29, 0.717) is 73.4 Å². The van der Waals surface area contributed by atoms with Crippen molar-refractivity contribution in [2.24, 2.45) is 45.3 Å². The summed E-state index contributed by atoms with van der Waals surface area (Å²) >= 11 is 0. The zero-order chi connectivity index (χ0) is 53.7. The molecule has 4 fully saturated rings. The Labute approximate surface area is 406 Å². The Kier molecular flexibility index (Phi) is 21.6. The second-order valence-electron chi connectivity index (χ2n) is 22.6. The van der Waals surface area contributed by atoms with Crippen LogP contribution in [0.15, 0.2) is 24.3 Å². The summed E-state index contributed by atoms with van der Waals surface area (Å²) in [5.41, 5.74) is -13.7. The van der Waals surface area contributed by atoms with Gasteiger partial charge in [-0.25, -0.2) is 0 Å². The molecule has 4 saturated carbocycles. The molecule has 4 rings (SSSR count). The second kappa shape index (κ2) is 23.4. The van der Waals surface area contributed by atoms with Gasteiger partial charge in [0, 0.05) is 12.3 Å². The predicted octanol–water partition coefficient (Wildman–Crippen LogP) is 14.0. The number of fused-ring (bicyclic) bond motifs is 2. The maximum Gasteiger partial charge on any atom is 0.429 e. The number of rotatable bonds is 16. The molecule has 69 heavy (non-hydrogen) atoms. The lowest BCUT2D eigenvalue weighted by Gasteiger charge is -2.50. The lowest BCUT2D eigenvalue weighted by atomic mass is 9.56. The van der Waals surface area contributed by atoms with E-state index in [1.165, 1.54) is 0 Å². The Morgan fingerprint density at radius 1 is 0.609 bits per heavy atom. The van der Waals surface area contributed by atoms with Crippen molar-refractivity contribution in [3.8, 4) is 0 Å². The molecule has 0 aliphatic heterocycles. The van der Waals surface area contributed by atoms with E-state index in [-0.39, 0.29) is 72.7 Å². The number of alkyl halides is 12. The van der Waals surface area contributed by atoms with Crippen LogP contribution in [0.2, 0.25) is 0 Å². The molecule has 0 saturated heterocycles. The number of hydrogen-bond acceptors (Lipinski definition) is 6. The third-order valence-electron chi connectivity index (χ3n) is 16.3. The molecule has 0 aromatic rings. The highest BCUT2D eigenvalue weighted by Crippen LogP contribution is 2.64. The van der Waals surface area contributed by atoms with Crippen LogP contribution in [0.1, 0.15) is 178 Å². The monoisotopic (exact) mass is 1040 g/mol. The van der Waals surface area contributed by atoms with Crippen LogP contribution in [-0.4, -0.2) is 92.5 Å². The number of aliphatic hydroxyl groups is 5. The van der Waals surface area contributed by atoms with Crippen LogP contribution in [0.3, 0.4) is 0 Å². The summed E-state index contributed by atoms with van der Waals surface area (Å²) in [6, 6.07) is 0. The molecule has 5 unspecified atom stereocenters. The van der Waals surface area contributed by atoms with Crippen LogP contribution in [0.4, 0.5) is 52.7 Å². The first-order valence-corrected chi connectivity index (χ1v) is 24.8. The van der Waals surface area contributed by atoms with Gasteiger partial charge in [-0.2, -0.15) is 52.7 Å². The van der Waals surface area contributed by atoms with Gasteiger partial charge in [-0.1, -0.05) is 73.2 Å². The van der Waals surface area contributed by atoms with Gasteiger partial charge in [-0.3, -0.25) is 4.79 Å². The summed E-state index contributed by atoms with van der Waals surface area (Å²) < 4.78 is 163. The molecule has 4 aliphatic carbocycles. The Balaban J connectivity index is 0.000000654. The van der Waals surface area contributed by atoms with Crippen LogP contribution < -0.4 is 0 Å². The molecule has 0 amide bonds. The molecule has 4 aliphatic rings. The van der Waals surface area contributed by atoms with Crippen molar-refractivity contribution >= 4 is 15.0 Å². The number of Topliss-reactive ketones (excluding diaryl/α,β-unsaturated/α-hetero) is 1. The third kappa shape index (κ3) is 15.3. The molecule has 5 N–H and O–H groups in total. The van der Waals surface area contributed by atoms with Gasteiger partial charge in [0.1, 0.15) is 5.78 Å². The quantitative estimate of drug-likeness (QED) is 0.0597. The van der Waals surface area contributed by atoms with E-state index in [4.69, 9.17) is 1.28 Å². The van der Waals surface area contributed by atoms with Crippen LogP contribution >= 0.6 is 9.18 Å². The van der Waals surface area contributed by atoms with Crippen molar-refractivity contribution in [3.63, 3.8) is 0 Å². The number of halogens is 12. The summed E-state index contributed by atoms with van der Waals surface area (Å²) in [4.78, 5) is 12.5. The summed E-state index contributed by atoms with van der Waals surface area (Å²) in [5, 5.41) is 49.7. The summed E-state index contributed by atoms with van der Waals surface area (Å²) in [7, 11) is 0.333. The van der Waals surface area contributed by atoms with Crippen molar-refractivity contribution in [2.45, 2.75) is 232 Å². The predicted molar refractivity (Wildman–Crippen MR) is 248 cm³/mol. The Morgan fingerprint density at radius 3 is 1.35 bits per heavy atom. The van der Waals surface area contributed by atoms with Gasteiger partial charge in [0.15, 0.2) is 0 Å². The highest BCUT2D eigenvalue weighted by Gasteiger charge is 2.70. The van der Waals surface area contributed by atoms with Gasteiger partial charge >= 0.3 is 24.7 Å². The smallest absolute Gasteiger partial charge is 0.393 e. The first-order chi connectivity index (χ1) is 31.0. The molecular formula is C50H83F12O6P. The minimum Gasteiger partial charge on any atom is -0.393 e. The second-order valence-corrected chi connectivity index (χ2v) is 22.6. The number of carbonyl (C=O) groups is 1. The Hall–Kier alpha value is -1.46. The summed E-state index contributed by atoms with van der Waals surface area (Å²) in [6.45, 7) is 16.2. The third-order valence-corrected chi connectivity index (χ3v) is 16.3. The first kappa shape index (κ1) is 63.7. The van der Waals surface area contributed by atoms with E-state index in [1.54, 1.807) is 27.7 Å². The van der Waals surface area contributed by atoms with E-state index in [0.717, 1.165) is 50.7 Å². The zero-order valence-corrected chi connectivity index (χ0v) is 42.1. The number of carbonyl (C=O) groups excluding carboxylic acids is 1. The molecule has 0 heterocycles. The molecule has 408 valence electrons. The lowest BCUT2D eigenvalue weighted by molar-refractivity contribution is -0.348. The van der Waals surface area contributed by atoms with Crippen LogP contribution in [0.25, 0.3) is 0 Å². The fourth-order valence-corrected chi connectivity index (χ4v) is 12.8. The number of allylic oxidation sites excluding steroid dienone is 2. The average Bonchev–Trinajstić information content (AvgIpc) is 3.71. The van der Waals surface area contributed by atoms with E-state index >= 15 is 0 Å². The van der Waals surface area contributed by atoms with Crippen molar-refractivity contribution < 1.29 is 83.0 Å². The maximum absolute atomic E-state index is 13.1. The van der Waals surface area contributed by atoms with Gasteiger partial charge in [0.05, 0.1) is 18.6 Å². The van der Waals surface area contributed by atoms with Crippen molar-refractivity contribution in [1.29, 1.82) is 1.28 Å². The van der Waals surface area contributed by atoms with Gasteiger partial charge < -0.3 is 25.5 Å². The summed E-state index contributed by atoms with van der Waals surface area (Å²) in [5.74, 6) is 0.00762. The van der Waals surface area contributed by atoms with Crippen molar-refractivity contribution in [1.82, 2.24) is 0 Å². The van der Waals surface area contributed by atoms with E-state index in [1.807, 2.05) is 27.4 Å². The SMILES string of the molecule is C.CC(C)(O)CCCC(C)(C/C=C/C(O)(C(F)(F)F)C(F)(F)F)[C@H]1CCC2C(=O)CCC[C@@]21C.CC(C)(O)CCCC(C)(C/C=C/C(O)(C(F)(F)F)C(F)(F)F)[C@H]1CCC2[C@@H](O)CCC[C@@]21C.[2H]PC. The van der Waals surface area contributed by atoms with E-state index in [2.05, 4.69) is 6.92 Å². The topological polar surface area (TPSA) is 118 Å². The molecule has 6 nitrogen and oxygen atoms in total. The zero-order valence-electron chi connectivity index (χ0n) is 42.1. The molecule has 0 radical (unpaired) electrons. The largest absolute Gasteiger partial charge is 0.429 e. The van der Waals surface area contributed by atoms with E-state index < -0.39 is 64.0 Å². The maximum atomic E-state index is 13.1. The van der Waals surface area contributed by atoms with Crippen LogP contribution in [-0.2, 0) is 4.79 Å². The lowest BCUT2D eigenvalue weighted by Crippen LogP contribution is -2.55. The Morgan fingerprint density at radius 2 is 0.971 bits per heavy atom. The van der Waals surface area contributed by atoms with Crippen LogP contribution in [0.5, 0.6) is 0 Å². The minimum atomic E-state index is -5.90. The van der Waals surface area contributed by atoms with Crippen molar-refractivity contribution in [3.05, 3.63) is 24.3 Å². The molecule has 10 atom stereocenters. The molecule has 0 bridgehead atoms. The molecular weight excluding hydrogens is 955 g/mol. The molecule has 0 aromatic heterocycles. The van der Waals surface area contributed by atoms with Crippen LogP contribution in [0, 0.1) is 45.3 Å². The first-order valence-electron chi connectivity index (χ1n) is 24.3. The molecule has 0 spiro atoms. The van der Waals surface area contributed by atoms with Gasteiger partial charge in [0.25, 0.3) is 11.2 Å². The fourth-order valence-electron chi connectivity index (χ4n) is 12.8. The molecule has 19 heteroatoms. The number of hydrogen-bond donors (Lipinski definition) is 5. The summed E-state index contributed by atoms with van der Waals surface area (Å²) in [6.07, 6.45) is -12.8. The standard InChI is InChI=1S/C24H38F6O3.C24H36F6O3.CH5P.CH4/c2*1-19(2,32)11-6-12-20(3,13-7-15-22(33,23(25,26)27)24(28,29)30)18-10-9-16-17(31)8-5-14-21(16,18)4;1-2;/h7,15-18,31-33H,5-6,8-14H2,1-4H3;7,15-16,18,32-33H,5-6,8-14H2,1-4H3;2H2,1H3;1H4/b2*15-7+;;/t16?,17-,18+,20?,21-;16?,18-,20?,21+;;/m01../s1/i;;2D;. The van der Waals surface area contributed by atoms with Crippen molar-refractivity contribution in [2.75, 3.05) is 6.66 Å². The number of aliphatic hydroxyl groups excluding tert-OH is 1. The highest BCUT2D eigenvalue weighted by atomic mass is 31.0.